The molecule has 0 atom stereocenters. The minimum absolute atomic E-state index is 0.403. The van der Waals surface area contributed by atoms with E-state index in [4.69, 9.17) is 0 Å². The molecule has 0 amide bonds. The smallest absolute Gasteiger partial charge is 0.0660 e. The van der Waals surface area contributed by atoms with E-state index in [0.29, 0.717) is 4.75 Å². The van der Waals surface area contributed by atoms with Gasteiger partial charge in [0.15, 0.2) is 0 Å². The van der Waals surface area contributed by atoms with Gasteiger partial charge in [-0.2, -0.15) is 16.9 Å². The zero-order valence-electron chi connectivity index (χ0n) is 11.7. The van der Waals surface area contributed by atoms with Gasteiger partial charge in [-0.1, -0.05) is 0 Å². The molecule has 4 heteroatoms. The zero-order valence-corrected chi connectivity index (χ0v) is 12.5. The fraction of sp³-hybridized carbons (Fsp3) is 0.786. The van der Waals surface area contributed by atoms with Crippen LogP contribution < -0.4 is 0 Å². The summed E-state index contributed by atoms with van der Waals surface area (Å²) in [6.07, 6.45) is 3.72. The lowest BCUT2D eigenvalue weighted by Crippen LogP contribution is -2.42. The molecule has 0 unspecified atom stereocenters. The second-order valence-electron chi connectivity index (χ2n) is 6.17. The molecule has 0 spiro atoms. The lowest BCUT2D eigenvalue weighted by atomic mass is 10.1. The van der Waals surface area contributed by atoms with Crippen LogP contribution in [-0.2, 0) is 26.4 Å². The molecule has 1 fully saturated rings. The molecule has 0 radical (unpaired) electrons. The highest BCUT2D eigenvalue weighted by Gasteiger charge is 2.29. The van der Waals surface area contributed by atoms with E-state index in [9.17, 15) is 0 Å². The Labute approximate surface area is 114 Å². The number of rotatable bonds is 2. The predicted octanol–water partition coefficient (Wildman–Crippen LogP) is 2.24. The van der Waals surface area contributed by atoms with E-state index in [-0.39, 0.29) is 0 Å². The van der Waals surface area contributed by atoms with Crippen LogP contribution in [0.1, 0.15) is 37.2 Å². The van der Waals surface area contributed by atoms with Gasteiger partial charge in [0.25, 0.3) is 0 Å². The summed E-state index contributed by atoms with van der Waals surface area (Å²) in [5, 5.41) is 4.68. The van der Waals surface area contributed by atoms with Gasteiger partial charge in [0.2, 0.25) is 0 Å². The van der Waals surface area contributed by atoms with Gasteiger partial charge in [-0.25, -0.2) is 0 Å². The number of nitrogens with zero attached hydrogens (tertiary/aromatic N) is 3. The fourth-order valence-corrected chi connectivity index (χ4v) is 4.42. The zero-order chi connectivity index (χ0) is 12.8. The SMILES string of the molecule is Cn1nc2c(c1CN1CCSC(C)(C)C1)CCC2. The number of hydrogen-bond acceptors (Lipinski definition) is 3. The lowest BCUT2D eigenvalue weighted by molar-refractivity contribution is 0.245. The van der Waals surface area contributed by atoms with E-state index in [1.165, 1.54) is 49.5 Å². The van der Waals surface area contributed by atoms with Crippen LogP contribution in [0.25, 0.3) is 0 Å². The summed E-state index contributed by atoms with van der Waals surface area (Å²) in [4.78, 5) is 2.60. The van der Waals surface area contributed by atoms with Crippen molar-refractivity contribution < 1.29 is 0 Å². The molecule has 3 nitrogen and oxygen atoms in total. The predicted molar refractivity (Wildman–Crippen MR) is 77.0 cm³/mol. The number of hydrogen-bond donors (Lipinski definition) is 0. The summed E-state index contributed by atoms with van der Waals surface area (Å²) in [5.74, 6) is 1.26. The molecule has 1 aromatic heterocycles. The first-order valence-electron chi connectivity index (χ1n) is 6.95. The molecule has 0 bridgehead atoms. The molecule has 2 heterocycles. The first-order valence-corrected chi connectivity index (χ1v) is 7.94. The van der Waals surface area contributed by atoms with Crippen LogP contribution in [0.4, 0.5) is 0 Å². The van der Waals surface area contributed by atoms with E-state index in [2.05, 4.69) is 47.3 Å². The minimum atomic E-state index is 0.403. The van der Waals surface area contributed by atoms with Crippen LogP contribution in [0.5, 0.6) is 0 Å². The Bertz CT molecular complexity index is 450. The highest BCUT2D eigenvalue weighted by atomic mass is 32.2. The second-order valence-corrected chi connectivity index (χ2v) is 7.97. The molecule has 3 rings (SSSR count). The highest BCUT2D eigenvalue weighted by molar-refractivity contribution is 8.00. The fourth-order valence-electron chi connectivity index (χ4n) is 3.24. The maximum absolute atomic E-state index is 4.68. The maximum atomic E-state index is 4.68. The van der Waals surface area contributed by atoms with Crippen molar-refractivity contribution >= 4 is 11.8 Å². The Morgan fingerprint density at radius 3 is 2.94 bits per heavy atom. The van der Waals surface area contributed by atoms with Gasteiger partial charge in [-0.05, 0) is 38.7 Å². The quantitative estimate of drug-likeness (QED) is 0.818. The molecular weight excluding hydrogens is 242 g/mol. The van der Waals surface area contributed by atoms with Crippen LogP contribution in [-0.4, -0.2) is 38.3 Å². The van der Waals surface area contributed by atoms with Crippen LogP contribution >= 0.6 is 11.8 Å². The second kappa shape index (κ2) is 4.57. The Balaban J connectivity index is 1.77. The van der Waals surface area contributed by atoms with E-state index >= 15 is 0 Å². The molecule has 0 aromatic carbocycles. The summed E-state index contributed by atoms with van der Waals surface area (Å²) < 4.78 is 2.53. The maximum Gasteiger partial charge on any atom is 0.0660 e. The summed E-state index contributed by atoms with van der Waals surface area (Å²) in [5.41, 5.74) is 4.37. The monoisotopic (exact) mass is 265 g/mol. The third kappa shape index (κ3) is 2.32. The number of fused-ring (bicyclic) bond motifs is 1. The molecule has 1 aliphatic heterocycles. The summed E-state index contributed by atoms with van der Waals surface area (Å²) in [7, 11) is 2.11. The molecule has 0 N–H and O–H groups in total. The van der Waals surface area contributed by atoms with Gasteiger partial charge in [-0.15, -0.1) is 0 Å². The Hall–Kier alpha value is -0.480. The number of aromatic nitrogens is 2. The van der Waals surface area contributed by atoms with Gasteiger partial charge in [-0.3, -0.25) is 9.58 Å². The van der Waals surface area contributed by atoms with Crippen molar-refractivity contribution in [2.75, 3.05) is 18.8 Å². The Morgan fingerprint density at radius 2 is 2.17 bits per heavy atom. The van der Waals surface area contributed by atoms with Gasteiger partial charge in [0.1, 0.15) is 0 Å². The first-order chi connectivity index (χ1) is 8.55. The third-order valence-corrected chi connectivity index (χ3v) is 5.37. The highest BCUT2D eigenvalue weighted by Crippen LogP contribution is 2.31. The number of thioether (sulfide) groups is 1. The van der Waals surface area contributed by atoms with Crippen molar-refractivity contribution in [3.8, 4) is 0 Å². The van der Waals surface area contributed by atoms with Crippen LogP contribution in [0, 0.1) is 0 Å². The van der Waals surface area contributed by atoms with Gasteiger partial charge < -0.3 is 0 Å². The molecule has 18 heavy (non-hydrogen) atoms. The Morgan fingerprint density at radius 1 is 1.33 bits per heavy atom. The van der Waals surface area contributed by atoms with Gasteiger partial charge in [0, 0.05) is 37.2 Å². The van der Waals surface area contributed by atoms with E-state index in [0.717, 1.165) is 6.54 Å². The summed E-state index contributed by atoms with van der Waals surface area (Å²) in [6.45, 7) is 8.21. The molecule has 1 saturated heterocycles. The third-order valence-electron chi connectivity index (χ3n) is 4.08. The van der Waals surface area contributed by atoms with E-state index < -0.39 is 0 Å². The average Bonchev–Trinajstić information content (AvgIpc) is 2.81. The standard InChI is InChI=1S/C14H23N3S/c1-14(2)10-17(7-8-18-14)9-13-11-5-4-6-12(11)15-16(13)3/h4-10H2,1-3H3. The van der Waals surface area contributed by atoms with E-state index in [1.807, 2.05) is 0 Å². The molecular formula is C14H23N3S. The number of aryl methyl sites for hydroxylation is 2. The van der Waals surface area contributed by atoms with Gasteiger partial charge in [0.05, 0.1) is 11.4 Å². The average molecular weight is 265 g/mol. The molecule has 0 saturated carbocycles. The summed E-state index contributed by atoms with van der Waals surface area (Å²) >= 11 is 2.10. The minimum Gasteiger partial charge on any atom is -0.295 e. The lowest BCUT2D eigenvalue weighted by Gasteiger charge is -2.37. The van der Waals surface area contributed by atoms with Crippen LogP contribution in [0.15, 0.2) is 0 Å². The van der Waals surface area contributed by atoms with Crippen molar-refractivity contribution in [3.63, 3.8) is 0 Å². The van der Waals surface area contributed by atoms with Gasteiger partial charge >= 0.3 is 0 Å². The van der Waals surface area contributed by atoms with Crippen molar-refractivity contribution in [3.05, 3.63) is 17.0 Å². The molecule has 1 aromatic rings. The van der Waals surface area contributed by atoms with Crippen LogP contribution in [0.3, 0.4) is 0 Å². The van der Waals surface area contributed by atoms with Crippen molar-refractivity contribution in [1.82, 2.24) is 14.7 Å². The van der Waals surface area contributed by atoms with Crippen molar-refractivity contribution in [2.45, 2.75) is 44.4 Å². The van der Waals surface area contributed by atoms with Crippen LogP contribution in [0.2, 0.25) is 0 Å². The Kier molecular flexibility index (Phi) is 3.18. The van der Waals surface area contributed by atoms with Crippen molar-refractivity contribution in [2.24, 2.45) is 7.05 Å². The normalized spacial score (nSPS) is 23.3. The molecule has 2 aliphatic rings. The largest absolute Gasteiger partial charge is 0.295 e. The van der Waals surface area contributed by atoms with E-state index in [1.54, 1.807) is 5.56 Å². The van der Waals surface area contributed by atoms with Crippen molar-refractivity contribution in [1.29, 1.82) is 0 Å². The summed E-state index contributed by atoms with van der Waals surface area (Å²) in [6, 6.07) is 0. The molecule has 100 valence electrons. The topological polar surface area (TPSA) is 21.1 Å². The first kappa shape index (κ1) is 12.5. The molecule has 1 aliphatic carbocycles.